The second-order valence-electron chi connectivity index (χ2n) is 18.0. The van der Waals surface area contributed by atoms with E-state index in [1.54, 1.807) is 49.2 Å². The van der Waals surface area contributed by atoms with Gasteiger partial charge in [-0.25, -0.2) is 18.7 Å². The number of pyridine rings is 4. The van der Waals surface area contributed by atoms with Crippen LogP contribution in [-0.4, -0.2) is 91.7 Å². The maximum atomic E-state index is 15.2. The molecule has 22 heteroatoms. The fourth-order valence-corrected chi connectivity index (χ4v) is 8.73. The monoisotopic (exact) mass is 1110 g/mol. The van der Waals surface area contributed by atoms with E-state index >= 15 is 4.39 Å². The molecule has 376 valence electrons. The summed E-state index contributed by atoms with van der Waals surface area (Å²) in [5.74, 6) is 1.81. The van der Waals surface area contributed by atoms with Crippen molar-refractivity contribution in [2.24, 2.45) is 0 Å². The molecule has 12 rings (SSSR count). The molecule has 0 radical (unpaired) electrons. The minimum atomic E-state index is -1.40. The van der Waals surface area contributed by atoms with Gasteiger partial charge in [-0.15, -0.1) is 20.4 Å². The molecule has 74 heavy (non-hydrogen) atoms. The summed E-state index contributed by atoms with van der Waals surface area (Å²) in [5, 5.41) is 39.4. The van der Waals surface area contributed by atoms with Crippen molar-refractivity contribution >= 4 is 58.6 Å². The average molecular weight is 1110 g/mol. The smallest absolute Gasteiger partial charge is 0.490 e. The van der Waals surface area contributed by atoms with Crippen LogP contribution in [0.5, 0.6) is 11.5 Å². The Morgan fingerprint density at radius 3 is 1.65 bits per heavy atom. The number of benzene rings is 2. The quantitative estimate of drug-likeness (QED) is 0.0967. The number of nitrogens with zero attached hydrogens (tertiary/aromatic N) is 10. The number of hydrogen-bond acceptors (Lipinski definition) is 14. The van der Waals surface area contributed by atoms with E-state index in [2.05, 4.69) is 51.0 Å². The van der Waals surface area contributed by atoms with E-state index in [1.807, 2.05) is 62.1 Å². The SMILES string of the molecule is O=C1Nc2cccc(n2)-c2nncn2CCCCOc2cc(F)c(-c3ccc(C4CC4)nc3)cc21.O=C1Nc2cccc(n2)-c2nncn2CCCCOc2cc(F)c(I)cc21.OB(O)c1ccc(C2CC2)nc1. The third kappa shape index (κ3) is 12.1. The number of carbonyl (C=O) groups is 2. The van der Waals surface area contributed by atoms with Crippen LogP contribution in [0.25, 0.3) is 34.2 Å². The van der Waals surface area contributed by atoms with Gasteiger partial charge in [0, 0.05) is 81.0 Å². The van der Waals surface area contributed by atoms with Gasteiger partial charge < -0.3 is 39.3 Å². The lowest BCUT2D eigenvalue weighted by molar-refractivity contribution is 0.101. The molecule has 2 fully saturated rings. The number of rotatable bonds is 4. The number of aromatic nitrogens is 10. The summed E-state index contributed by atoms with van der Waals surface area (Å²) in [6.07, 6.45) is 14.3. The Morgan fingerprint density at radius 2 is 1.15 bits per heavy atom. The first kappa shape index (κ1) is 50.0. The molecule has 6 aromatic heterocycles. The van der Waals surface area contributed by atoms with Crippen molar-refractivity contribution in [1.29, 1.82) is 0 Å². The molecule has 0 unspecified atom stereocenters. The second-order valence-corrected chi connectivity index (χ2v) is 19.2. The number of anilines is 2. The first-order valence-corrected chi connectivity index (χ1v) is 25.3. The maximum absolute atomic E-state index is 15.2. The van der Waals surface area contributed by atoms with Gasteiger partial charge in [0.15, 0.2) is 11.6 Å². The van der Waals surface area contributed by atoms with Crippen LogP contribution in [0.1, 0.15) is 95.3 Å². The van der Waals surface area contributed by atoms with Gasteiger partial charge in [-0.3, -0.25) is 19.6 Å². The minimum absolute atomic E-state index is 0.199. The largest absolute Gasteiger partial charge is 0.493 e. The molecule has 8 heterocycles. The maximum Gasteiger partial charge on any atom is 0.490 e. The summed E-state index contributed by atoms with van der Waals surface area (Å²) < 4.78 is 44.9. The van der Waals surface area contributed by atoms with Crippen molar-refractivity contribution in [1.82, 2.24) is 49.5 Å². The fraction of sp³-hybridized carbons (Fsp3) is 0.269. The molecule has 2 aliphatic heterocycles. The molecule has 4 aliphatic rings. The molecule has 2 aliphatic carbocycles. The summed E-state index contributed by atoms with van der Waals surface area (Å²) in [6.45, 7) is 2.12. The number of hydrogen-bond donors (Lipinski definition) is 4. The number of carbonyl (C=O) groups excluding carboxylic acids is 2. The van der Waals surface area contributed by atoms with Crippen LogP contribution in [0.4, 0.5) is 20.4 Å². The zero-order chi connectivity index (χ0) is 51.1. The molecule has 2 saturated carbocycles. The molecule has 0 spiro atoms. The van der Waals surface area contributed by atoms with E-state index < -0.39 is 30.6 Å². The molecule has 2 amide bonds. The van der Waals surface area contributed by atoms with Gasteiger partial charge in [0.25, 0.3) is 11.8 Å². The Kier molecular flexibility index (Phi) is 15.3. The number of aryl methyl sites for hydroxylation is 2. The van der Waals surface area contributed by atoms with Gasteiger partial charge in [-0.1, -0.05) is 24.3 Å². The van der Waals surface area contributed by atoms with Gasteiger partial charge in [-0.2, -0.15) is 0 Å². The van der Waals surface area contributed by atoms with Crippen LogP contribution >= 0.6 is 22.6 Å². The molecule has 0 saturated heterocycles. The molecule has 2 aromatic carbocycles. The Hall–Kier alpha value is -7.57. The highest BCUT2D eigenvalue weighted by Gasteiger charge is 2.27. The Balaban J connectivity index is 0.000000141. The highest BCUT2D eigenvalue weighted by Crippen LogP contribution is 2.40. The van der Waals surface area contributed by atoms with E-state index in [0.717, 1.165) is 43.5 Å². The van der Waals surface area contributed by atoms with Crippen LogP contribution in [0, 0.1) is 15.2 Å². The van der Waals surface area contributed by atoms with E-state index in [-0.39, 0.29) is 22.6 Å². The summed E-state index contributed by atoms with van der Waals surface area (Å²) in [4.78, 5) is 43.7. The number of nitrogens with one attached hydrogen (secondary N) is 2. The number of halogens is 3. The summed E-state index contributed by atoms with van der Waals surface area (Å²) in [5.41, 5.74) is 5.19. The Bertz CT molecular complexity index is 3280. The summed E-state index contributed by atoms with van der Waals surface area (Å²) >= 11 is 1.85. The van der Waals surface area contributed by atoms with Crippen LogP contribution in [-0.2, 0) is 13.1 Å². The topological polar surface area (TPSA) is 230 Å². The third-order valence-electron chi connectivity index (χ3n) is 12.5. The lowest BCUT2D eigenvalue weighted by Gasteiger charge is -2.16. The second kappa shape index (κ2) is 22.7. The van der Waals surface area contributed by atoms with Crippen molar-refractivity contribution in [3.05, 3.63) is 148 Å². The summed E-state index contributed by atoms with van der Waals surface area (Å²) in [7, 11) is -1.40. The van der Waals surface area contributed by atoms with Gasteiger partial charge in [-0.05, 0) is 122 Å². The Labute approximate surface area is 437 Å². The Morgan fingerprint density at radius 1 is 0.622 bits per heavy atom. The normalized spacial score (nSPS) is 15.4. The van der Waals surface area contributed by atoms with Crippen molar-refractivity contribution in [2.75, 3.05) is 23.8 Å². The van der Waals surface area contributed by atoms with Crippen molar-refractivity contribution in [3.63, 3.8) is 0 Å². The molecule has 18 nitrogen and oxygen atoms in total. The van der Waals surface area contributed by atoms with Gasteiger partial charge in [0.05, 0.1) is 24.3 Å². The first-order valence-electron chi connectivity index (χ1n) is 24.2. The zero-order valence-electron chi connectivity index (χ0n) is 39.7. The molecule has 4 N–H and O–H groups in total. The summed E-state index contributed by atoms with van der Waals surface area (Å²) in [6, 6.07) is 23.5. The van der Waals surface area contributed by atoms with Crippen LogP contribution in [0.2, 0.25) is 0 Å². The van der Waals surface area contributed by atoms with E-state index in [4.69, 9.17) is 19.5 Å². The highest BCUT2D eigenvalue weighted by atomic mass is 127. The van der Waals surface area contributed by atoms with Gasteiger partial charge >= 0.3 is 7.12 Å². The van der Waals surface area contributed by atoms with Crippen LogP contribution in [0.15, 0.2) is 110 Å². The lowest BCUT2D eigenvalue weighted by Crippen LogP contribution is -2.30. The molecule has 4 bridgehead atoms. The van der Waals surface area contributed by atoms with Gasteiger partial charge in [0.2, 0.25) is 0 Å². The third-order valence-corrected chi connectivity index (χ3v) is 13.4. The predicted octanol–water partition coefficient (Wildman–Crippen LogP) is 7.99. The lowest BCUT2D eigenvalue weighted by atomic mass is 9.81. The van der Waals surface area contributed by atoms with E-state index in [9.17, 15) is 14.0 Å². The number of ether oxygens (including phenoxy) is 2. The highest BCUT2D eigenvalue weighted by molar-refractivity contribution is 14.1. The van der Waals surface area contributed by atoms with Gasteiger partial charge in [0.1, 0.15) is 58.8 Å². The van der Waals surface area contributed by atoms with Crippen molar-refractivity contribution < 1.29 is 37.9 Å². The number of amides is 2. The molecule has 8 aromatic rings. The van der Waals surface area contributed by atoms with Crippen molar-refractivity contribution in [3.8, 4) is 45.7 Å². The predicted molar refractivity (Wildman–Crippen MR) is 279 cm³/mol. The van der Waals surface area contributed by atoms with Crippen molar-refractivity contribution in [2.45, 2.75) is 76.3 Å². The minimum Gasteiger partial charge on any atom is -0.493 e. The first-order chi connectivity index (χ1) is 36.0. The molecule has 0 atom stereocenters. The van der Waals surface area contributed by atoms with E-state index in [1.165, 1.54) is 43.3 Å². The fourth-order valence-electron chi connectivity index (χ4n) is 8.27. The zero-order valence-corrected chi connectivity index (χ0v) is 41.9. The van der Waals surface area contributed by atoms with Crippen LogP contribution < -0.4 is 25.6 Å². The number of fused-ring (bicyclic) bond motifs is 10. The van der Waals surface area contributed by atoms with E-state index in [0.29, 0.717) is 99.4 Å². The van der Waals surface area contributed by atoms with Crippen LogP contribution in [0.3, 0.4) is 0 Å². The average Bonchev–Trinajstić information content (AvgIpc) is 4.34. The molecular formula is C52H48BF2IN12O6. The molecular weight excluding hydrogens is 1060 g/mol. The standard InChI is InChI=1S/C26H23FN6O2.C18H15FIN5O2.C8H10BNO2/c27-20-13-23-19(12-18(20)17-8-9-21(28-14-17)16-6-7-16)26(34)31-24-5-3-4-22(30-24)25-32-29-15-33(25)10-1-2-11-35-23;19-12-9-15-11(8-13(12)20)18(26)23-16-5-3-4-14(22-16)17-24-21-10-25(17)6-1-2-7-27-15;11-9(12)7-3-4-8(10-5-7)6-1-2-6/h3-5,8-9,12-16H,1-2,6-7,10-11H2,(H,30,31,34);3-5,8-10H,1-2,6-7H2,(H,22,23,26);3-6,11-12H,1-2H2.